The summed E-state index contributed by atoms with van der Waals surface area (Å²) >= 11 is 0. The fourth-order valence-electron chi connectivity index (χ4n) is 2.03. The summed E-state index contributed by atoms with van der Waals surface area (Å²) < 4.78 is 0. The first-order chi connectivity index (χ1) is 4.85. The van der Waals surface area contributed by atoms with Crippen LogP contribution in [0.4, 0.5) is 0 Å². The average molecular weight is 148 g/mol. The Kier molecular flexibility index (Phi) is 13.8. The van der Waals surface area contributed by atoms with E-state index in [1.54, 1.807) is 0 Å². The molecule has 62 valence electrons. The Morgan fingerprint density at radius 3 is 1.18 bits per heavy atom. The zero-order valence-electron chi connectivity index (χ0n) is 8.95. The van der Waals surface area contributed by atoms with E-state index in [2.05, 4.69) is 20.8 Å². The molecule has 0 saturated heterocycles. The Morgan fingerprint density at radius 2 is 1.00 bits per heavy atom. The molecule has 0 aliphatic rings. The quantitative estimate of drug-likeness (QED) is 0.479. The molecule has 0 aliphatic carbocycles. The van der Waals surface area contributed by atoms with Crippen LogP contribution in [0.5, 0.6) is 0 Å². The maximum Gasteiger partial charge on any atom is 1.00 e. The number of hydrogen-bond acceptors (Lipinski definition) is 0. The summed E-state index contributed by atoms with van der Waals surface area (Å²) in [7, 11) is 0. The van der Waals surface area contributed by atoms with Gasteiger partial charge < -0.3 is 0 Å². The van der Waals surface area contributed by atoms with Crippen molar-refractivity contribution in [1.29, 1.82) is 0 Å². The van der Waals surface area contributed by atoms with E-state index < -0.39 is 0 Å². The van der Waals surface area contributed by atoms with Crippen molar-refractivity contribution in [3.63, 3.8) is 0 Å². The first-order valence-electron chi connectivity index (χ1n) is 5.12. The van der Waals surface area contributed by atoms with Crippen LogP contribution in [-0.4, -0.2) is 6.71 Å². The molecular weight excluding hydrogens is 126 g/mol. The van der Waals surface area contributed by atoms with Gasteiger partial charge in [0.1, 0.15) is 0 Å². The summed E-state index contributed by atoms with van der Waals surface area (Å²) in [6, 6.07) is 0. The predicted octanol–water partition coefficient (Wildman–Crippen LogP) is 0.448. The Hall–Kier alpha value is 0.662. The molecule has 0 N–H and O–H groups in total. The van der Waals surface area contributed by atoms with Crippen LogP contribution in [0.1, 0.15) is 40.0 Å². The fourth-order valence-corrected chi connectivity index (χ4v) is 2.03. The van der Waals surface area contributed by atoms with Crippen LogP contribution in [0.15, 0.2) is 0 Å². The minimum absolute atomic E-state index is 0. The van der Waals surface area contributed by atoms with E-state index in [-0.39, 0.29) is 25.6 Å². The van der Waals surface area contributed by atoms with Gasteiger partial charge in [-0.25, -0.2) is 0 Å². The normalized spacial score (nSPS) is 9.82. The van der Waals surface area contributed by atoms with Crippen molar-refractivity contribution in [2.24, 2.45) is 0 Å². The molecule has 0 rings (SSSR count). The maximum atomic E-state index is 2.31. The topological polar surface area (TPSA) is 0 Å². The average Bonchev–Trinajstić information content (AvgIpc) is 1.90. The van der Waals surface area contributed by atoms with Gasteiger partial charge in [0, 0.05) is 0 Å². The molecule has 0 bridgehead atoms. The molecule has 0 spiro atoms. The van der Waals surface area contributed by atoms with Crippen molar-refractivity contribution in [3.05, 3.63) is 0 Å². The van der Waals surface area contributed by atoms with Crippen LogP contribution in [0.2, 0.25) is 19.0 Å². The Bertz CT molecular complexity index is 52.3. The third kappa shape index (κ3) is 8.57. The number of rotatable bonds is 6. The third-order valence-corrected chi connectivity index (χ3v) is 2.56. The van der Waals surface area contributed by atoms with E-state index in [4.69, 9.17) is 0 Å². The van der Waals surface area contributed by atoms with Gasteiger partial charge in [0.15, 0.2) is 0 Å². The molecule has 0 aliphatic heterocycles. The second kappa shape index (κ2) is 10.7. The molecule has 0 atom stereocenters. The molecule has 0 unspecified atom stereocenters. The van der Waals surface area contributed by atoms with E-state index >= 15 is 0 Å². The second-order valence-corrected chi connectivity index (χ2v) is 3.62. The summed E-state index contributed by atoms with van der Waals surface area (Å²) in [5, 5.41) is 0. The fraction of sp³-hybridized carbons (Fsp3) is 1.00. The van der Waals surface area contributed by atoms with Gasteiger partial charge in [0.25, 0.3) is 0 Å². The molecular formula is C9H22BLi. The van der Waals surface area contributed by atoms with Crippen LogP contribution in [-0.2, 0) is 0 Å². The minimum atomic E-state index is 0. The summed E-state index contributed by atoms with van der Waals surface area (Å²) in [6.45, 7) is 7.20. The molecule has 11 heavy (non-hydrogen) atoms. The molecule has 0 radical (unpaired) electrons. The first-order valence-corrected chi connectivity index (χ1v) is 5.12. The summed E-state index contributed by atoms with van der Waals surface area (Å²) in [5.41, 5.74) is 0. The van der Waals surface area contributed by atoms with Gasteiger partial charge in [-0.15, -0.1) is 0 Å². The molecule has 0 nitrogen and oxygen atoms in total. The van der Waals surface area contributed by atoms with Crippen molar-refractivity contribution in [3.8, 4) is 0 Å². The molecule has 0 amide bonds. The van der Waals surface area contributed by atoms with E-state index in [0.717, 1.165) is 0 Å². The van der Waals surface area contributed by atoms with Crippen LogP contribution in [0, 0.1) is 0 Å². The van der Waals surface area contributed by atoms with E-state index in [0.29, 0.717) is 0 Å². The van der Waals surface area contributed by atoms with Gasteiger partial charge in [-0.2, -0.15) is 19.0 Å². The largest absolute Gasteiger partial charge is 1.00 e. The molecule has 0 saturated carbocycles. The van der Waals surface area contributed by atoms with Gasteiger partial charge in [0.2, 0.25) is 0 Å². The van der Waals surface area contributed by atoms with Crippen molar-refractivity contribution in [1.82, 2.24) is 0 Å². The zero-order chi connectivity index (χ0) is 7.82. The molecule has 0 aromatic heterocycles. The Morgan fingerprint density at radius 1 is 0.727 bits per heavy atom. The smallest absolute Gasteiger partial charge is 0.181 e. The van der Waals surface area contributed by atoms with Gasteiger partial charge >= 0.3 is 18.9 Å². The summed E-state index contributed by atoms with van der Waals surface area (Å²) in [4.78, 5) is 0. The summed E-state index contributed by atoms with van der Waals surface area (Å²) in [6.07, 6.45) is 8.80. The third-order valence-electron chi connectivity index (χ3n) is 2.56. The van der Waals surface area contributed by atoms with Crippen molar-refractivity contribution >= 4 is 6.71 Å². The van der Waals surface area contributed by atoms with Crippen LogP contribution < -0.4 is 18.9 Å². The van der Waals surface area contributed by atoms with Crippen LogP contribution in [0.25, 0.3) is 0 Å². The molecule has 0 aromatic carbocycles. The summed E-state index contributed by atoms with van der Waals surface area (Å²) in [5.74, 6) is 0. The van der Waals surface area contributed by atoms with E-state index in [1.807, 2.05) is 0 Å². The van der Waals surface area contributed by atoms with Gasteiger partial charge in [-0.1, -0.05) is 40.0 Å². The Balaban J connectivity index is 0. The van der Waals surface area contributed by atoms with Crippen molar-refractivity contribution in [2.75, 3.05) is 0 Å². The van der Waals surface area contributed by atoms with Crippen molar-refractivity contribution < 1.29 is 18.9 Å². The molecule has 0 fully saturated rings. The van der Waals surface area contributed by atoms with E-state index in [1.165, 1.54) is 38.2 Å². The molecule has 0 aromatic rings. The maximum absolute atomic E-state index is 2.31. The van der Waals surface area contributed by atoms with Gasteiger partial charge in [-0.3, -0.25) is 0 Å². The van der Waals surface area contributed by atoms with Crippen molar-refractivity contribution in [2.45, 2.75) is 59.0 Å². The number of hydrogen-bond donors (Lipinski definition) is 0. The van der Waals surface area contributed by atoms with Gasteiger partial charge in [0.05, 0.1) is 0 Å². The standard InChI is InChI=1S/C9H22B.Li/c1-4-7-10(8-5-2)9-6-3;/h10H,4-9H2,1-3H3;/q-1;+1. The second-order valence-electron chi connectivity index (χ2n) is 3.62. The van der Waals surface area contributed by atoms with Gasteiger partial charge in [-0.05, 0) is 6.71 Å². The SMILES string of the molecule is CCC[BH-](CCC)CCC.[Li+]. The minimum Gasteiger partial charge on any atom is -0.181 e. The first kappa shape index (κ1) is 14.2. The Labute approximate surface area is 84.8 Å². The monoisotopic (exact) mass is 148 g/mol. The van der Waals surface area contributed by atoms with E-state index in [9.17, 15) is 0 Å². The molecule has 0 heterocycles. The molecule has 2 heteroatoms. The van der Waals surface area contributed by atoms with Crippen LogP contribution in [0.3, 0.4) is 0 Å². The van der Waals surface area contributed by atoms with Crippen LogP contribution >= 0.6 is 0 Å². The predicted molar refractivity (Wildman–Crippen MR) is 52.4 cm³/mol. The zero-order valence-corrected chi connectivity index (χ0v) is 8.95.